The van der Waals surface area contributed by atoms with E-state index in [1.54, 1.807) is 0 Å². The molecule has 0 aliphatic rings. The van der Waals surface area contributed by atoms with Crippen molar-refractivity contribution in [1.29, 1.82) is 0 Å². The van der Waals surface area contributed by atoms with Crippen LogP contribution in [0.25, 0.3) is 22.0 Å². The topological polar surface area (TPSA) is 90.2 Å². The molecule has 0 unspecified atom stereocenters. The molecule has 1 heterocycles. The number of hydrogen-bond donors (Lipinski definition) is 2. The highest BCUT2D eigenvalue weighted by Crippen LogP contribution is 2.32. The van der Waals surface area contributed by atoms with Gasteiger partial charge in [-0.15, -0.1) is 0 Å². The van der Waals surface area contributed by atoms with Crippen molar-refractivity contribution >= 4 is 22.7 Å². The number of nitrogens with two attached hydrogens (primary N) is 1. The van der Waals surface area contributed by atoms with Crippen LogP contribution in [0.3, 0.4) is 0 Å². The first-order chi connectivity index (χ1) is 11.8. The summed E-state index contributed by atoms with van der Waals surface area (Å²) in [5, 5.41) is 7.73. The summed E-state index contributed by atoms with van der Waals surface area (Å²) in [6.45, 7) is 5.32. The van der Waals surface area contributed by atoms with Crippen molar-refractivity contribution in [3.05, 3.63) is 42.5 Å². The summed E-state index contributed by atoms with van der Waals surface area (Å²) in [6.07, 6.45) is 0. The number of carbonyl (C=O) groups is 1. The van der Waals surface area contributed by atoms with E-state index >= 15 is 0 Å². The second kappa shape index (κ2) is 6.47. The van der Waals surface area contributed by atoms with E-state index in [1.807, 2.05) is 63.2 Å². The number of para-hydroxylation sites is 1. The maximum atomic E-state index is 11.9. The Morgan fingerprint density at radius 3 is 2.72 bits per heavy atom. The average molecular weight is 339 g/mol. The van der Waals surface area contributed by atoms with Crippen molar-refractivity contribution in [1.82, 2.24) is 10.2 Å². The van der Waals surface area contributed by atoms with E-state index < -0.39 is 11.6 Å². The molecule has 3 aromatic rings. The molecule has 1 aromatic heterocycles. The van der Waals surface area contributed by atoms with Crippen LogP contribution in [0.4, 0.5) is 5.82 Å². The van der Waals surface area contributed by atoms with Crippen molar-refractivity contribution in [3.8, 4) is 16.9 Å². The lowest BCUT2D eigenvalue weighted by Crippen LogP contribution is -2.27. The van der Waals surface area contributed by atoms with Gasteiger partial charge in [0, 0.05) is 10.9 Å². The molecule has 0 aliphatic carbocycles. The van der Waals surface area contributed by atoms with Crippen LogP contribution < -0.4 is 10.5 Å². The molecule has 0 fully saturated rings. The van der Waals surface area contributed by atoms with Crippen molar-refractivity contribution in [2.24, 2.45) is 0 Å². The monoisotopic (exact) mass is 339 g/mol. The summed E-state index contributed by atoms with van der Waals surface area (Å²) in [4.78, 5) is 11.9. The van der Waals surface area contributed by atoms with Gasteiger partial charge >= 0.3 is 5.97 Å². The number of aromatic nitrogens is 2. The van der Waals surface area contributed by atoms with E-state index in [9.17, 15) is 4.79 Å². The Kier molecular flexibility index (Phi) is 4.35. The lowest BCUT2D eigenvalue weighted by atomic mass is 10.0. The minimum Gasteiger partial charge on any atom is -0.481 e. The number of H-pyrrole nitrogens is 1. The molecule has 130 valence electrons. The van der Waals surface area contributed by atoms with E-state index in [0.29, 0.717) is 11.6 Å². The zero-order valence-corrected chi connectivity index (χ0v) is 14.5. The predicted octanol–water partition coefficient (Wildman–Crippen LogP) is 3.53. The predicted molar refractivity (Wildman–Crippen MR) is 97.3 cm³/mol. The molecule has 0 amide bonds. The lowest BCUT2D eigenvalue weighted by molar-refractivity contribution is -0.157. The van der Waals surface area contributed by atoms with Gasteiger partial charge in [0.05, 0.1) is 5.52 Å². The molecular formula is C19H21N3O3. The average Bonchev–Trinajstić information content (AvgIpc) is 2.92. The largest absolute Gasteiger partial charge is 0.481 e. The molecule has 6 heteroatoms. The Labute approximate surface area is 145 Å². The fraction of sp³-hybridized carbons (Fsp3) is 0.263. The van der Waals surface area contributed by atoms with Crippen LogP contribution >= 0.6 is 0 Å². The number of ether oxygens (including phenoxy) is 2. The van der Waals surface area contributed by atoms with Crippen molar-refractivity contribution in [2.75, 3.05) is 12.3 Å². The van der Waals surface area contributed by atoms with Crippen LogP contribution in [0.15, 0.2) is 42.5 Å². The number of carbonyl (C=O) groups excluding carboxylic acids is 1. The maximum Gasteiger partial charge on any atom is 0.344 e. The molecule has 25 heavy (non-hydrogen) atoms. The number of anilines is 1. The van der Waals surface area contributed by atoms with Gasteiger partial charge in [0.1, 0.15) is 11.4 Å². The van der Waals surface area contributed by atoms with Gasteiger partial charge in [0.15, 0.2) is 12.4 Å². The second-order valence-electron chi connectivity index (χ2n) is 6.74. The zero-order chi connectivity index (χ0) is 18.0. The molecule has 0 saturated heterocycles. The van der Waals surface area contributed by atoms with E-state index in [4.69, 9.17) is 15.2 Å². The number of nitrogen functional groups attached to an aromatic ring is 1. The fourth-order valence-electron chi connectivity index (χ4n) is 2.54. The Hall–Kier alpha value is -3.02. The third-order valence-corrected chi connectivity index (χ3v) is 3.56. The van der Waals surface area contributed by atoms with E-state index in [-0.39, 0.29) is 6.61 Å². The van der Waals surface area contributed by atoms with Crippen LogP contribution in [0.2, 0.25) is 0 Å². The SMILES string of the molecule is CC(C)(C)OC(=O)COc1ccccc1-c1ccc2[nH]nc(N)c2c1. The number of benzene rings is 2. The third-order valence-electron chi connectivity index (χ3n) is 3.56. The minimum atomic E-state index is -0.538. The highest BCUT2D eigenvalue weighted by Gasteiger charge is 2.17. The van der Waals surface area contributed by atoms with Crippen LogP contribution in [0.5, 0.6) is 5.75 Å². The van der Waals surface area contributed by atoms with Crippen LogP contribution in [-0.2, 0) is 9.53 Å². The van der Waals surface area contributed by atoms with Gasteiger partial charge in [-0.05, 0) is 44.5 Å². The Morgan fingerprint density at radius 1 is 1.20 bits per heavy atom. The number of nitrogens with one attached hydrogen (secondary N) is 1. The summed E-state index contributed by atoms with van der Waals surface area (Å²) in [5.74, 6) is 0.649. The van der Waals surface area contributed by atoms with Gasteiger partial charge in [0.2, 0.25) is 0 Å². The van der Waals surface area contributed by atoms with Crippen LogP contribution in [-0.4, -0.2) is 28.4 Å². The van der Waals surface area contributed by atoms with E-state index in [2.05, 4.69) is 10.2 Å². The molecule has 6 nitrogen and oxygen atoms in total. The van der Waals surface area contributed by atoms with Gasteiger partial charge in [-0.1, -0.05) is 24.3 Å². The normalized spacial score (nSPS) is 11.5. The van der Waals surface area contributed by atoms with Crippen LogP contribution in [0.1, 0.15) is 20.8 Å². The first-order valence-electron chi connectivity index (χ1n) is 8.01. The number of hydrogen-bond acceptors (Lipinski definition) is 5. The Morgan fingerprint density at radius 2 is 1.96 bits per heavy atom. The van der Waals surface area contributed by atoms with Gasteiger partial charge in [0.25, 0.3) is 0 Å². The molecule has 0 bridgehead atoms. The maximum absolute atomic E-state index is 11.9. The Balaban J connectivity index is 1.85. The molecule has 3 N–H and O–H groups in total. The number of rotatable bonds is 4. The molecule has 0 atom stereocenters. The third kappa shape index (κ3) is 3.91. The first kappa shape index (κ1) is 16.8. The molecule has 2 aromatic carbocycles. The molecule has 0 spiro atoms. The number of esters is 1. The van der Waals surface area contributed by atoms with Crippen molar-refractivity contribution in [3.63, 3.8) is 0 Å². The van der Waals surface area contributed by atoms with E-state index in [1.165, 1.54) is 0 Å². The summed E-state index contributed by atoms with van der Waals surface area (Å²) in [6, 6.07) is 13.3. The van der Waals surface area contributed by atoms with Gasteiger partial charge in [-0.25, -0.2) is 4.79 Å². The number of aromatic amines is 1. The molecular weight excluding hydrogens is 318 g/mol. The number of fused-ring (bicyclic) bond motifs is 1. The molecule has 3 rings (SSSR count). The van der Waals surface area contributed by atoms with Crippen LogP contribution in [0, 0.1) is 0 Å². The molecule has 0 saturated carbocycles. The van der Waals surface area contributed by atoms with Crippen molar-refractivity contribution < 1.29 is 14.3 Å². The zero-order valence-electron chi connectivity index (χ0n) is 14.5. The summed E-state index contributed by atoms with van der Waals surface area (Å²) in [5.41, 5.74) is 8.01. The highest BCUT2D eigenvalue weighted by molar-refractivity contribution is 5.92. The lowest BCUT2D eigenvalue weighted by Gasteiger charge is -2.20. The van der Waals surface area contributed by atoms with Gasteiger partial charge < -0.3 is 15.2 Å². The smallest absolute Gasteiger partial charge is 0.344 e. The molecule has 0 aliphatic heterocycles. The quantitative estimate of drug-likeness (QED) is 0.710. The van der Waals surface area contributed by atoms with E-state index in [0.717, 1.165) is 22.0 Å². The Bertz CT molecular complexity index is 910. The second-order valence-corrected chi connectivity index (χ2v) is 6.74. The summed E-state index contributed by atoms with van der Waals surface area (Å²) in [7, 11) is 0. The fourth-order valence-corrected chi connectivity index (χ4v) is 2.54. The first-order valence-corrected chi connectivity index (χ1v) is 8.01. The van der Waals surface area contributed by atoms with Crippen molar-refractivity contribution in [2.45, 2.75) is 26.4 Å². The summed E-state index contributed by atoms with van der Waals surface area (Å²) >= 11 is 0. The number of nitrogens with zero attached hydrogens (tertiary/aromatic N) is 1. The minimum absolute atomic E-state index is 0.148. The highest BCUT2D eigenvalue weighted by atomic mass is 16.6. The van der Waals surface area contributed by atoms with Gasteiger partial charge in [-0.2, -0.15) is 5.10 Å². The van der Waals surface area contributed by atoms with Gasteiger partial charge in [-0.3, -0.25) is 5.10 Å². The molecule has 0 radical (unpaired) electrons. The summed E-state index contributed by atoms with van der Waals surface area (Å²) < 4.78 is 11.0. The standard InChI is InChI=1S/C19H21N3O3/c1-19(2,3)25-17(23)11-24-16-7-5-4-6-13(16)12-8-9-15-14(10-12)18(20)22-21-15/h4-10H,11H2,1-3H3,(H3,20,21,22).